The maximum Gasteiger partial charge on any atom is 0.339 e. The van der Waals surface area contributed by atoms with Crippen LogP contribution in [0.15, 0.2) is 24.3 Å². The molecular weight excluding hydrogens is 268 g/mol. The van der Waals surface area contributed by atoms with Crippen molar-refractivity contribution in [2.45, 2.75) is 52.6 Å². The van der Waals surface area contributed by atoms with Gasteiger partial charge in [0, 0.05) is 0 Å². The van der Waals surface area contributed by atoms with Gasteiger partial charge in [-0.15, -0.1) is 0 Å². The zero-order valence-corrected chi connectivity index (χ0v) is 13.0. The van der Waals surface area contributed by atoms with Gasteiger partial charge in [-0.1, -0.05) is 39.3 Å². The summed E-state index contributed by atoms with van der Waals surface area (Å²) in [5, 5.41) is 9.12. The molecule has 0 aromatic heterocycles. The fourth-order valence-electron chi connectivity index (χ4n) is 2.17. The van der Waals surface area contributed by atoms with Gasteiger partial charge in [-0.2, -0.15) is 0 Å². The third-order valence-corrected chi connectivity index (χ3v) is 3.33. The Morgan fingerprint density at radius 1 is 1.10 bits per heavy atom. The van der Waals surface area contributed by atoms with E-state index in [4.69, 9.17) is 9.84 Å². The van der Waals surface area contributed by atoms with Crippen molar-refractivity contribution < 1.29 is 19.4 Å². The molecule has 1 aromatic rings. The lowest BCUT2D eigenvalue weighted by atomic mass is 10.0. The number of rotatable bonds is 8. The third-order valence-electron chi connectivity index (χ3n) is 3.33. The highest BCUT2D eigenvalue weighted by atomic mass is 16.5. The summed E-state index contributed by atoms with van der Waals surface area (Å²) < 4.78 is 5.52. The zero-order valence-electron chi connectivity index (χ0n) is 13.0. The van der Waals surface area contributed by atoms with Gasteiger partial charge in [0.05, 0.1) is 11.1 Å². The van der Waals surface area contributed by atoms with Gasteiger partial charge in [-0.05, 0) is 37.3 Å². The number of esters is 1. The van der Waals surface area contributed by atoms with Crippen LogP contribution in [-0.2, 0) is 4.74 Å². The molecule has 0 aliphatic rings. The summed E-state index contributed by atoms with van der Waals surface area (Å²) in [6, 6.07) is 6.16. The number of hydrogen-bond donors (Lipinski definition) is 1. The Kier molecular flexibility index (Phi) is 6.92. The number of hydrogen-bond acceptors (Lipinski definition) is 3. The summed E-state index contributed by atoms with van der Waals surface area (Å²) >= 11 is 0. The highest BCUT2D eigenvalue weighted by Crippen LogP contribution is 2.17. The van der Waals surface area contributed by atoms with E-state index in [2.05, 4.69) is 13.8 Å². The Balaban J connectivity index is 2.79. The van der Waals surface area contributed by atoms with Gasteiger partial charge in [0.15, 0.2) is 0 Å². The summed E-state index contributed by atoms with van der Waals surface area (Å²) in [5.74, 6) is -1.11. The second-order valence-electron chi connectivity index (χ2n) is 5.64. The smallest absolute Gasteiger partial charge is 0.339 e. The van der Waals surface area contributed by atoms with E-state index < -0.39 is 11.9 Å². The first kappa shape index (κ1) is 17.2. The first-order valence-electron chi connectivity index (χ1n) is 7.49. The van der Waals surface area contributed by atoms with Crippen LogP contribution in [0.4, 0.5) is 0 Å². The number of carbonyl (C=O) groups excluding carboxylic acids is 1. The second-order valence-corrected chi connectivity index (χ2v) is 5.64. The van der Waals surface area contributed by atoms with Gasteiger partial charge in [0.1, 0.15) is 6.10 Å². The average molecular weight is 292 g/mol. The minimum Gasteiger partial charge on any atom is -0.478 e. The predicted octanol–water partition coefficient (Wildman–Crippen LogP) is 4.15. The lowest BCUT2D eigenvalue weighted by molar-refractivity contribution is 0.0242. The van der Waals surface area contributed by atoms with E-state index in [1.165, 1.54) is 12.1 Å². The Morgan fingerprint density at radius 3 is 2.24 bits per heavy atom. The fraction of sp³-hybridized carbons (Fsp3) is 0.529. The summed E-state index contributed by atoms with van der Waals surface area (Å²) in [4.78, 5) is 23.4. The van der Waals surface area contributed by atoms with Crippen LogP contribution in [-0.4, -0.2) is 23.1 Å². The third kappa shape index (κ3) is 5.58. The van der Waals surface area contributed by atoms with Gasteiger partial charge < -0.3 is 9.84 Å². The predicted molar refractivity (Wildman–Crippen MR) is 81.6 cm³/mol. The molecule has 0 fully saturated rings. The van der Waals surface area contributed by atoms with Crippen LogP contribution in [0.5, 0.6) is 0 Å². The van der Waals surface area contributed by atoms with E-state index >= 15 is 0 Å². The first-order valence-corrected chi connectivity index (χ1v) is 7.49. The number of ether oxygens (including phenoxy) is 1. The Bertz CT molecular complexity index is 479. The quantitative estimate of drug-likeness (QED) is 0.731. The van der Waals surface area contributed by atoms with E-state index in [9.17, 15) is 9.59 Å². The van der Waals surface area contributed by atoms with Crippen molar-refractivity contribution in [1.29, 1.82) is 0 Å². The molecule has 0 heterocycles. The van der Waals surface area contributed by atoms with Gasteiger partial charge >= 0.3 is 11.9 Å². The van der Waals surface area contributed by atoms with Crippen molar-refractivity contribution in [3.05, 3.63) is 35.4 Å². The molecule has 21 heavy (non-hydrogen) atoms. The minimum absolute atomic E-state index is 0.0124. The molecule has 0 saturated carbocycles. The Hall–Kier alpha value is -1.84. The van der Waals surface area contributed by atoms with Crippen molar-refractivity contribution in [3.8, 4) is 0 Å². The maximum atomic E-state index is 12.2. The zero-order chi connectivity index (χ0) is 15.8. The normalized spacial score (nSPS) is 12.2. The van der Waals surface area contributed by atoms with Crippen LogP contribution in [0.25, 0.3) is 0 Å². The molecule has 0 radical (unpaired) electrons. The highest BCUT2D eigenvalue weighted by molar-refractivity contribution is 6.02. The monoisotopic (exact) mass is 292 g/mol. The molecule has 1 N–H and O–H groups in total. The molecule has 0 saturated heterocycles. The summed E-state index contributed by atoms with van der Waals surface area (Å²) in [5.41, 5.74) is 0.109. The van der Waals surface area contributed by atoms with E-state index in [1.807, 2.05) is 6.92 Å². The Morgan fingerprint density at radius 2 is 1.71 bits per heavy atom. The maximum absolute atomic E-state index is 12.2. The number of carbonyl (C=O) groups is 2. The molecule has 1 unspecified atom stereocenters. The molecule has 4 nitrogen and oxygen atoms in total. The number of benzene rings is 1. The van der Waals surface area contributed by atoms with Crippen molar-refractivity contribution in [3.63, 3.8) is 0 Å². The van der Waals surface area contributed by atoms with Crippen molar-refractivity contribution in [1.82, 2.24) is 0 Å². The molecule has 116 valence electrons. The number of carboxylic acids is 1. The van der Waals surface area contributed by atoms with Crippen LogP contribution < -0.4 is 0 Å². The van der Waals surface area contributed by atoms with Crippen molar-refractivity contribution in [2.75, 3.05) is 0 Å². The molecular formula is C17H24O4. The highest BCUT2D eigenvalue weighted by Gasteiger charge is 2.20. The number of aromatic carboxylic acids is 1. The minimum atomic E-state index is -1.11. The molecule has 0 amide bonds. The van der Waals surface area contributed by atoms with Gasteiger partial charge in [-0.3, -0.25) is 0 Å². The topological polar surface area (TPSA) is 63.6 Å². The van der Waals surface area contributed by atoms with Crippen molar-refractivity contribution >= 4 is 11.9 Å². The SMILES string of the molecule is CCCC(CCC(C)C)OC(=O)c1ccccc1C(=O)O. The van der Waals surface area contributed by atoms with Crippen molar-refractivity contribution in [2.24, 2.45) is 5.92 Å². The standard InChI is InChI=1S/C17H24O4/c1-4-7-13(11-10-12(2)3)21-17(20)15-9-6-5-8-14(15)16(18)19/h5-6,8-9,12-13H,4,7,10-11H2,1-3H3,(H,18,19). The fourth-order valence-corrected chi connectivity index (χ4v) is 2.17. The van der Waals surface area contributed by atoms with E-state index in [1.54, 1.807) is 12.1 Å². The lowest BCUT2D eigenvalue weighted by Crippen LogP contribution is -2.20. The molecule has 0 aliphatic carbocycles. The molecule has 1 aromatic carbocycles. The summed E-state index contributed by atoms with van der Waals surface area (Å²) in [6.07, 6.45) is 3.38. The van der Waals surface area contributed by atoms with Crippen LogP contribution >= 0.6 is 0 Å². The van der Waals surface area contributed by atoms with Gasteiger partial charge in [0.25, 0.3) is 0 Å². The molecule has 1 rings (SSSR count). The van der Waals surface area contributed by atoms with Crippen LogP contribution in [0.1, 0.15) is 67.2 Å². The first-order chi connectivity index (χ1) is 9.95. The summed E-state index contributed by atoms with van der Waals surface area (Å²) in [6.45, 7) is 6.30. The van der Waals surface area contributed by atoms with E-state index in [0.717, 1.165) is 25.7 Å². The molecule has 0 bridgehead atoms. The molecule has 0 spiro atoms. The molecule has 4 heteroatoms. The van der Waals surface area contributed by atoms with Crippen LogP contribution in [0, 0.1) is 5.92 Å². The molecule has 1 atom stereocenters. The number of carboxylic acid groups (broad SMARTS) is 1. The largest absolute Gasteiger partial charge is 0.478 e. The Labute approximate surface area is 126 Å². The average Bonchev–Trinajstić information content (AvgIpc) is 2.44. The van der Waals surface area contributed by atoms with Gasteiger partial charge in [0.2, 0.25) is 0 Å². The van der Waals surface area contributed by atoms with E-state index in [0.29, 0.717) is 5.92 Å². The lowest BCUT2D eigenvalue weighted by Gasteiger charge is -2.18. The second kappa shape index (κ2) is 8.45. The summed E-state index contributed by atoms with van der Waals surface area (Å²) in [7, 11) is 0. The van der Waals surface area contributed by atoms with Crippen LogP contribution in [0.3, 0.4) is 0 Å². The van der Waals surface area contributed by atoms with E-state index in [-0.39, 0.29) is 17.2 Å². The van der Waals surface area contributed by atoms with Gasteiger partial charge in [-0.25, -0.2) is 9.59 Å². The van der Waals surface area contributed by atoms with Crippen LogP contribution in [0.2, 0.25) is 0 Å². The molecule has 0 aliphatic heterocycles.